The summed E-state index contributed by atoms with van der Waals surface area (Å²) in [6.07, 6.45) is 0. The lowest BCUT2D eigenvalue weighted by Crippen LogP contribution is -1.81. The van der Waals surface area contributed by atoms with E-state index >= 15 is 0 Å². The van der Waals surface area contributed by atoms with Gasteiger partial charge in [0.1, 0.15) is 5.82 Å². The lowest BCUT2D eigenvalue weighted by molar-refractivity contribution is 0.602. The molecule has 0 N–H and O–H groups in total. The van der Waals surface area contributed by atoms with Crippen molar-refractivity contribution in [3.8, 4) is 0 Å². The maximum absolute atomic E-state index is 13.4. The normalized spacial score (nSPS) is 10.3. The molecule has 0 amide bonds. The van der Waals surface area contributed by atoms with Gasteiger partial charge in [-0.1, -0.05) is 47.6 Å². The summed E-state index contributed by atoms with van der Waals surface area (Å²) in [5, 5.41) is 0.448. The molecule has 0 aliphatic rings. The summed E-state index contributed by atoms with van der Waals surface area (Å²) in [7, 11) is 0. The van der Waals surface area contributed by atoms with Crippen molar-refractivity contribution in [3.05, 3.63) is 59.4 Å². The summed E-state index contributed by atoms with van der Waals surface area (Å²) in [6.45, 7) is 0. The highest BCUT2D eigenvalue weighted by Gasteiger charge is 2.07. The molecule has 0 nitrogen and oxygen atoms in total. The summed E-state index contributed by atoms with van der Waals surface area (Å²) in [4.78, 5) is 1.45. The molecule has 0 atom stereocenters. The van der Waals surface area contributed by atoms with Crippen LogP contribution in [-0.4, -0.2) is 0 Å². The standard InChI is InChI=1S/C12H8ClFS/c13-10-7-4-8-11(14)12(10)15-9-5-2-1-3-6-9/h1-8H. The zero-order valence-electron chi connectivity index (χ0n) is 7.78. The zero-order valence-corrected chi connectivity index (χ0v) is 9.36. The molecule has 2 rings (SSSR count). The van der Waals surface area contributed by atoms with Gasteiger partial charge in [0.25, 0.3) is 0 Å². The van der Waals surface area contributed by atoms with Crippen molar-refractivity contribution in [2.75, 3.05) is 0 Å². The average Bonchev–Trinajstić information content (AvgIpc) is 2.25. The zero-order chi connectivity index (χ0) is 10.7. The van der Waals surface area contributed by atoms with E-state index in [-0.39, 0.29) is 5.82 Å². The Morgan fingerprint density at radius 3 is 2.33 bits per heavy atom. The highest BCUT2D eigenvalue weighted by molar-refractivity contribution is 7.99. The van der Waals surface area contributed by atoms with Gasteiger partial charge < -0.3 is 0 Å². The van der Waals surface area contributed by atoms with Crippen LogP contribution in [0.3, 0.4) is 0 Å². The summed E-state index contributed by atoms with van der Waals surface area (Å²) < 4.78 is 13.4. The van der Waals surface area contributed by atoms with Crippen LogP contribution in [0.5, 0.6) is 0 Å². The van der Waals surface area contributed by atoms with Gasteiger partial charge in [0.15, 0.2) is 0 Å². The van der Waals surface area contributed by atoms with E-state index in [0.717, 1.165) is 4.90 Å². The van der Waals surface area contributed by atoms with Gasteiger partial charge in [0.05, 0.1) is 9.92 Å². The summed E-state index contributed by atoms with van der Waals surface area (Å²) in [5.74, 6) is -0.281. The second-order valence-electron chi connectivity index (χ2n) is 2.97. The molecule has 3 heteroatoms. The topological polar surface area (TPSA) is 0 Å². The molecule has 0 fully saturated rings. The van der Waals surface area contributed by atoms with Crippen LogP contribution in [0.4, 0.5) is 4.39 Å². The number of hydrogen-bond donors (Lipinski definition) is 0. The smallest absolute Gasteiger partial charge is 0.138 e. The fraction of sp³-hybridized carbons (Fsp3) is 0. The lowest BCUT2D eigenvalue weighted by Gasteiger charge is -2.04. The van der Waals surface area contributed by atoms with E-state index in [1.54, 1.807) is 12.1 Å². The first-order valence-corrected chi connectivity index (χ1v) is 5.64. The summed E-state index contributed by atoms with van der Waals surface area (Å²) in [6, 6.07) is 14.3. The largest absolute Gasteiger partial charge is 0.206 e. The van der Waals surface area contributed by atoms with Crippen molar-refractivity contribution in [2.24, 2.45) is 0 Å². The third-order valence-corrected chi connectivity index (χ3v) is 3.44. The first-order valence-electron chi connectivity index (χ1n) is 4.44. The molecule has 0 aliphatic carbocycles. The number of benzene rings is 2. The van der Waals surface area contributed by atoms with Crippen molar-refractivity contribution in [2.45, 2.75) is 9.79 Å². The molecule has 76 valence electrons. The van der Waals surface area contributed by atoms with Crippen LogP contribution in [0.1, 0.15) is 0 Å². The molecular weight excluding hydrogens is 231 g/mol. The van der Waals surface area contributed by atoms with Gasteiger partial charge in [0, 0.05) is 4.90 Å². The van der Waals surface area contributed by atoms with Gasteiger partial charge >= 0.3 is 0 Å². The van der Waals surface area contributed by atoms with Crippen LogP contribution in [0, 0.1) is 5.82 Å². The molecular formula is C12H8ClFS. The third-order valence-electron chi connectivity index (χ3n) is 1.88. The van der Waals surface area contributed by atoms with E-state index in [9.17, 15) is 4.39 Å². The van der Waals surface area contributed by atoms with E-state index in [1.165, 1.54) is 17.8 Å². The van der Waals surface area contributed by atoms with Crippen LogP contribution in [-0.2, 0) is 0 Å². The number of rotatable bonds is 2. The van der Waals surface area contributed by atoms with E-state index in [0.29, 0.717) is 9.92 Å². The Bertz CT molecular complexity index is 436. The molecule has 15 heavy (non-hydrogen) atoms. The second kappa shape index (κ2) is 4.69. The SMILES string of the molecule is Fc1cccc(Cl)c1Sc1ccccc1. The molecule has 2 aromatic rings. The van der Waals surface area contributed by atoms with Crippen LogP contribution < -0.4 is 0 Å². The molecule has 0 aliphatic heterocycles. The van der Waals surface area contributed by atoms with Crippen molar-refractivity contribution in [3.63, 3.8) is 0 Å². The molecule has 0 heterocycles. The molecule has 0 radical (unpaired) electrons. The van der Waals surface area contributed by atoms with E-state index in [4.69, 9.17) is 11.6 Å². The Hall–Kier alpha value is -0.990. The maximum Gasteiger partial charge on any atom is 0.138 e. The molecule has 0 aromatic heterocycles. The predicted molar refractivity (Wildman–Crippen MR) is 62.0 cm³/mol. The van der Waals surface area contributed by atoms with E-state index in [2.05, 4.69) is 0 Å². The van der Waals surface area contributed by atoms with Gasteiger partial charge in [-0.25, -0.2) is 4.39 Å². The maximum atomic E-state index is 13.4. The van der Waals surface area contributed by atoms with Crippen LogP contribution in [0.15, 0.2) is 58.3 Å². The van der Waals surface area contributed by atoms with Crippen molar-refractivity contribution >= 4 is 23.4 Å². The summed E-state index contributed by atoms with van der Waals surface area (Å²) in [5.41, 5.74) is 0. The minimum Gasteiger partial charge on any atom is -0.206 e. The minimum absolute atomic E-state index is 0.281. The highest BCUT2D eigenvalue weighted by Crippen LogP contribution is 2.34. The lowest BCUT2D eigenvalue weighted by atomic mass is 10.3. The van der Waals surface area contributed by atoms with Gasteiger partial charge in [0.2, 0.25) is 0 Å². The first kappa shape index (κ1) is 10.5. The Morgan fingerprint density at radius 2 is 1.67 bits per heavy atom. The van der Waals surface area contributed by atoms with Gasteiger partial charge in [-0.15, -0.1) is 0 Å². The van der Waals surface area contributed by atoms with Crippen molar-refractivity contribution in [1.82, 2.24) is 0 Å². The Labute approximate surface area is 97.1 Å². The van der Waals surface area contributed by atoms with Crippen LogP contribution in [0.2, 0.25) is 5.02 Å². The quantitative estimate of drug-likeness (QED) is 0.735. The number of hydrogen-bond acceptors (Lipinski definition) is 1. The number of halogens is 2. The monoisotopic (exact) mass is 238 g/mol. The second-order valence-corrected chi connectivity index (χ2v) is 4.46. The molecule has 0 unspecified atom stereocenters. The molecule has 2 aromatic carbocycles. The third kappa shape index (κ3) is 2.52. The van der Waals surface area contributed by atoms with Crippen molar-refractivity contribution < 1.29 is 4.39 Å². The fourth-order valence-corrected chi connectivity index (χ4v) is 2.33. The van der Waals surface area contributed by atoms with Crippen molar-refractivity contribution in [1.29, 1.82) is 0 Å². The molecule has 0 bridgehead atoms. The predicted octanol–water partition coefficient (Wildman–Crippen LogP) is 4.63. The van der Waals surface area contributed by atoms with E-state index < -0.39 is 0 Å². The molecule has 0 saturated carbocycles. The highest BCUT2D eigenvalue weighted by atomic mass is 35.5. The van der Waals surface area contributed by atoms with Crippen LogP contribution in [0.25, 0.3) is 0 Å². The molecule has 0 spiro atoms. The fourth-order valence-electron chi connectivity index (χ4n) is 1.19. The van der Waals surface area contributed by atoms with E-state index in [1.807, 2.05) is 30.3 Å². The van der Waals surface area contributed by atoms with Gasteiger partial charge in [-0.3, -0.25) is 0 Å². The minimum atomic E-state index is -0.281. The van der Waals surface area contributed by atoms with Gasteiger partial charge in [-0.2, -0.15) is 0 Å². The Balaban J connectivity index is 2.32. The Kier molecular flexibility index (Phi) is 3.29. The average molecular weight is 239 g/mol. The molecule has 0 saturated heterocycles. The van der Waals surface area contributed by atoms with Crippen LogP contribution >= 0.6 is 23.4 Å². The summed E-state index contributed by atoms with van der Waals surface area (Å²) >= 11 is 7.25. The first-order chi connectivity index (χ1) is 7.27. The van der Waals surface area contributed by atoms with Gasteiger partial charge in [-0.05, 0) is 24.3 Å². The Morgan fingerprint density at radius 1 is 0.933 bits per heavy atom.